The van der Waals surface area contributed by atoms with Gasteiger partial charge in [-0.3, -0.25) is 4.99 Å². The molecule has 104 valence electrons. The Kier molecular flexibility index (Phi) is 18.8. The van der Waals surface area contributed by atoms with Crippen LogP contribution in [0.4, 0.5) is 0 Å². The summed E-state index contributed by atoms with van der Waals surface area (Å²) < 4.78 is 10.2. The first-order valence-corrected chi connectivity index (χ1v) is 6.74. The molecule has 7 heteroatoms. The summed E-state index contributed by atoms with van der Waals surface area (Å²) in [6.45, 7) is 3.61. The monoisotopic (exact) mass is 377 g/mol. The van der Waals surface area contributed by atoms with Crippen molar-refractivity contribution in [1.82, 2.24) is 10.6 Å². The lowest BCUT2D eigenvalue weighted by Gasteiger charge is -2.11. The lowest BCUT2D eigenvalue weighted by molar-refractivity contribution is 0.0733. The van der Waals surface area contributed by atoms with Crippen LogP contribution in [0.2, 0.25) is 0 Å². The molecule has 0 amide bonds. The lowest BCUT2D eigenvalue weighted by Crippen LogP contribution is -2.40. The standard InChI is InChI=1S/C10H23N3O2S.HI/c1-11-10(13-5-9-16-3)12-4-6-15-8-7-14-2;/h4-9H2,1-3H3,(H2,11,12,13);1H. The van der Waals surface area contributed by atoms with E-state index in [1.54, 1.807) is 14.2 Å². The molecule has 0 aromatic rings. The molecule has 0 unspecified atom stereocenters. The molecular formula is C10H24IN3O2S. The number of thioether (sulfide) groups is 1. The molecule has 0 aromatic heterocycles. The highest BCUT2D eigenvalue weighted by Crippen LogP contribution is 1.86. The van der Waals surface area contributed by atoms with Crippen molar-refractivity contribution in [3.8, 4) is 0 Å². The summed E-state index contributed by atoms with van der Waals surface area (Å²) in [5.41, 5.74) is 0. The normalized spacial score (nSPS) is 10.9. The number of nitrogens with one attached hydrogen (secondary N) is 2. The molecule has 17 heavy (non-hydrogen) atoms. The van der Waals surface area contributed by atoms with Gasteiger partial charge in [-0.1, -0.05) is 0 Å². The third-order valence-electron chi connectivity index (χ3n) is 1.79. The van der Waals surface area contributed by atoms with Crippen molar-refractivity contribution < 1.29 is 9.47 Å². The van der Waals surface area contributed by atoms with E-state index in [4.69, 9.17) is 9.47 Å². The second-order valence-electron chi connectivity index (χ2n) is 3.02. The lowest BCUT2D eigenvalue weighted by atomic mass is 10.6. The second kappa shape index (κ2) is 16.3. The number of aliphatic imine (C=N–C) groups is 1. The van der Waals surface area contributed by atoms with E-state index in [0.717, 1.165) is 24.8 Å². The summed E-state index contributed by atoms with van der Waals surface area (Å²) in [6, 6.07) is 0. The molecular weight excluding hydrogens is 353 g/mol. The Hall–Kier alpha value is 0.270. The highest BCUT2D eigenvalue weighted by Gasteiger charge is 1.95. The number of guanidine groups is 1. The first-order chi connectivity index (χ1) is 7.85. The molecule has 0 bridgehead atoms. The number of nitrogens with zero attached hydrogens (tertiary/aromatic N) is 1. The van der Waals surface area contributed by atoms with E-state index in [-0.39, 0.29) is 24.0 Å². The summed E-state index contributed by atoms with van der Waals surface area (Å²) >= 11 is 1.81. The molecule has 0 rings (SSSR count). The molecule has 0 atom stereocenters. The summed E-state index contributed by atoms with van der Waals surface area (Å²) in [5.74, 6) is 1.90. The Morgan fingerprint density at radius 3 is 2.47 bits per heavy atom. The fraction of sp³-hybridized carbons (Fsp3) is 0.900. The van der Waals surface area contributed by atoms with E-state index < -0.39 is 0 Å². The smallest absolute Gasteiger partial charge is 0.191 e. The maximum absolute atomic E-state index is 5.32. The fourth-order valence-electron chi connectivity index (χ4n) is 0.978. The van der Waals surface area contributed by atoms with Crippen LogP contribution in [-0.4, -0.2) is 65.0 Å². The third kappa shape index (κ3) is 14.2. The van der Waals surface area contributed by atoms with Crippen LogP contribution >= 0.6 is 35.7 Å². The third-order valence-corrected chi connectivity index (χ3v) is 2.41. The van der Waals surface area contributed by atoms with Gasteiger partial charge in [-0.15, -0.1) is 24.0 Å². The van der Waals surface area contributed by atoms with E-state index in [2.05, 4.69) is 21.9 Å². The van der Waals surface area contributed by atoms with Crippen LogP contribution < -0.4 is 10.6 Å². The molecule has 0 aliphatic heterocycles. The van der Waals surface area contributed by atoms with Crippen molar-refractivity contribution in [1.29, 1.82) is 0 Å². The quantitative estimate of drug-likeness (QED) is 0.269. The molecule has 0 aliphatic carbocycles. The molecule has 0 spiro atoms. The minimum atomic E-state index is 0. The van der Waals surface area contributed by atoms with Crippen molar-refractivity contribution in [3.63, 3.8) is 0 Å². The van der Waals surface area contributed by atoms with Crippen LogP contribution in [0.25, 0.3) is 0 Å². The van der Waals surface area contributed by atoms with Gasteiger partial charge >= 0.3 is 0 Å². The first kappa shape index (κ1) is 19.6. The predicted octanol–water partition coefficient (Wildman–Crippen LogP) is 0.795. The van der Waals surface area contributed by atoms with E-state index >= 15 is 0 Å². The molecule has 5 nitrogen and oxygen atoms in total. The van der Waals surface area contributed by atoms with Gasteiger partial charge in [0.05, 0.1) is 19.8 Å². The van der Waals surface area contributed by atoms with Gasteiger partial charge in [-0.2, -0.15) is 11.8 Å². The number of ether oxygens (including phenoxy) is 2. The topological polar surface area (TPSA) is 54.9 Å². The molecule has 0 radical (unpaired) electrons. The van der Waals surface area contributed by atoms with Crippen LogP contribution in [0.1, 0.15) is 0 Å². The second-order valence-corrected chi connectivity index (χ2v) is 4.01. The Bertz CT molecular complexity index is 185. The SMILES string of the molecule is CN=C(NCCOCCOC)NCCSC.I. The van der Waals surface area contributed by atoms with E-state index in [1.165, 1.54) is 0 Å². The summed E-state index contributed by atoms with van der Waals surface area (Å²) in [6.07, 6.45) is 2.08. The highest BCUT2D eigenvalue weighted by atomic mass is 127. The number of halogens is 1. The summed E-state index contributed by atoms with van der Waals surface area (Å²) in [5, 5.41) is 6.38. The van der Waals surface area contributed by atoms with Crippen LogP contribution in [0.5, 0.6) is 0 Å². The molecule has 0 fully saturated rings. The van der Waals surface area contributed by atoms with E-state index in [9.17, 15) is 0 Å². The maximum atomic E-state index is 5.32. The van der Waals surface area contributed by atoms with Gasteiger partial charge in [-0.05, 0) is 6.26 Å². The number of hydrogen-bond donors (Lipinski definition) is 2. The Morgan fingerprint density at radius 1 is 1.18 bits per heavy atom. The van der Waals surface area contributed by atoms with Gasteiger partial charge in [0.15, 0.2) is 5.96 Å². The van der Waals surface area contributed by atoms with Gasteiger partial charge in [0.2, 0.25) is 0 Å². The van der Waals surface area contributed by atoms with Crippen molar-refractivity contribution in [3.05, 3.63) is 0 Å². The van der Waals surface area contributed by atoms with Gasteiger partial charge in [0.25, 0.3) is 0 Å². The maximum Gasteiger partial charge on any atom is 0.191 e. The molecule has 0 saturated heterocycles. The summed E-state index contributed by atoms with van der Waals surface area (Å²) in [4.78, 5) is 4.10. The molecule has 0 aliphatic rings. The van der Waals surface area contributed by atoms with Crippen molar-refractivity contribution >= 4 is 41.7 Å². The van der Waals surface area contributed by atoms with Crippen molar-refractivity contribution in [2.24, 2.45) is 4.99 Å². The average Bonchev–Trinajstić information content (AvgIpc) is 2.31. The Labute approximate surface area is 126 Å². The van der Waals surface area contributed by atoms with Gasteiger partial charge in [0, 0.05) is 33.0 Å². The Morgan fingerprint density at radius 2 is 1.88 bits per heavy atom. The highest BCUT2D eigenvalue weighted by molar-refractivity contribution is 14.0. The number of rotatable bonds is 9. The molecule has 0 heterocycles. The van der Waals surface area contributed by atoms with E-state index in [1.807, 2.05) is 11.8 Å². The zero-order valence-electron chi connectivity index (χ0n) is 10.8. The van der Waals surface area contributed by atoms with Crippen molar-refractivity contribution in [2.75, 3.05) is 59.1 Å². The van der Waals surface area contributed by atoms with Crippen LogP contribution in [-0.2, 0) is 9.47 Å². The van der Waals surface area contributed by atoms with Gasteiger partial charge < -0.3 is 20.1 Å². The zero-order valence-corrected chi connectivity index (χ0v) is 14.0. The number of methoxy groups -OCH3 is 1. The largest absolute Gasteiger partial charge is 0.382 e. The zero-order chi connectivity index (χ0) is 12.1. The van der Waals surface area contributed by atoms with Crippen molar-refractivity contribution in [2.45, 2.75) is 0 Å². The molecule has 0 aromatic carbocycles. The van der Waals surface area contributed by atoms with Gasteiger partial charge in [-0.25, -0.2) is 0 Å². The van der Waals surface area contributed by atoms with Crippen LogP contribution in [0, 0.1) is 0 Å². The van der Waals surface area contributed by atoms with E-state index in [0.29, 0.717) is 19.8 Å². The fourth-order valence-corrected chi connectivity index (χ4v) is 1.28. The molecule has 0 saturated carbocycles. The van der Waals surface area contributed by atoms with Crippen LogP contribution in [0.15, 0.2) is 4.99 Å². The number of hydrogen-bond acceptors (Lipinski definition) is 4. The minimum Gasteiger partial charge on any atom is -0.382 e. The first-order valence-electron chi connectivity index (χ1n) is 5.35. The predicted molar refractivity (Wildman–Crippen MR) is 85.9 cm³/mol. The minimum absolute atomic E-state index is 0. The van der Waals surface area contributed by atoms with Gasteiger partial charge in [0.1, 0.15) is 0 Å². The summed E-state index contributed by atoms with van der Waals surface area (Å²) in [7, 11) is 3.43. The molecule has 2 N–H and O–H groups in total. The average molecular weight is 377 g/mol. The Balaban J connectivity index is 0. The van der Waals surface area contributed by atoms with Crippen LogP contribution in [0.3, 0.4) is 0 Å².